The molecule has 106 valence electrons. The van der Waals surface area contributed by atoms with E-state index in [1.807, 2.05) is 46.2 Å². The van der Waals surface area contributed by atoms with Crippen molar-refractivity contribution in [3.05, 3.63) is 0 Å². The summed E-state index contributed by atoms with van der Waals surface area (Å²) in [5.74, 6) is 0. The van der Waals surface area contributed by atoms with Crippen molar-refractivity contribution in [1.82, 2.24) is 5.06 Å². The van der Waals surface area contributed by atoms with E-state index in [9.17, 15) is 8.42 Å². The minimum atomic E-state index is -4.49. The highest BCUT2D eigenvalue weighted by atomic mass is 32.3. The van der Waals surface area contributed by atoms with Crippen molar-refractivity contribution in [1.29, 1.82) is 0 Å². The van der Waals surface area contributed by atoms with Gasteiger partial charge in [0.2, 0.25) is 5.66 Å². The first kappa shape index (κ1) is 15.5. The average molecular weight is 281 g/mol. The molecule has 0 saturated heterocycles. The van der Waals surface area contributed by atoms with E-state index in [1.165, 1.54) is 0 Å². The molecule has 0 aromatic carbocycles. The van der Waals surface area contributed by atoms with Crippen molar-refractivity contribution in [2.75, 3.05) is 13.8 Å². The van der Waals surface area contributed by atoms with Gasteiger partial charge in [0.05, 0.1) is 0 Å². The van der Waals surface area contributed by atoms with Crippen LogP contribution in [0.2, 0.25) is 0 Å². The van der Waals surface area contributed by atoms with Gasteiger partial charge in [0.15, 0.2) is 12.5 Å². The molecule has 1 heterocycles. The van der Waals surface area contributed by atoms with Gasteiger partial charge in [-0.05, 0) is 13.8 Å². The zero-order valence-corrected chi connectivity index (χ0v) is 12.4. The van der Waals surface area contributed by atoms with E-state index in [-0.39, 0.29) is 0 Å². The fraction of sp³-hybridized carbons (Fsp3) is 0.900. The van der Waals surface area contributed by atoms with Gasteiger partial charge in [-0.3, -0.25) is 9.39 Å². The largest absolute Gasteiger partial charge is 0.399 e. The molecule has 1 N–H and O–H groups in total. The molecule has 0 bridgehead atoms. The lowest BCUT2D eigenvalue weighted by atomic mass is 10.00. The van der Waals surface area contributed by atoms with Gasteiger partial charge in [0.25, 0.3) is 0 Å². The molecular weight excluding hydrogens is 260 g/mol. The smallest absolute Gasteiger partial charge is 0.263 e. The van der Waals surface area contributed by atoms with Crippen LogP contribution in [0.25, 0.3) is 0 Å². The molecule has 0 spiro atoms. The molecule has 0 fully saturated rings. The van der Waals surface area contributed by atoms with Gasteiger partial charge in [-0.1, -0.05) is 0 Å². The van der Waals surface area contributed by atoms with Gasteiger partial charge in [0.1, 0.15) is 12.6 Å². The monoisotopic (exact) mass is 281 g/mol. The van der Waals surface area contributed by atoms with Crippen LogP contribution in [0.5, 0.6) is 0 Å². The van der Waals surface area contributed by atoms with Crippen LogP contribution >= 0.6 is 0 Å². The number of hydroxylamine groups is 2. The summed E-state index contributed by atoms with van der Waals surface area (Å²) in [5, 5.41) is 1.65. The quantitative estimate of drug-likeness (QED) is 0.462. The van der Waals surface area contributed by atoms with Crippen molar-refractivity contribution < 1.29 is 26.6 Å². The highest BCUT2D eigenvalue weighted by Gasteiger charge is 2.56. The summed E-state index contributed by atoms with van der Waals surface area (Å²) in [6.45, 7) is 9.22. The molecule has 0 saturated carbocycles. The van der Waals surface area contributed by atoms with Crippen molar-refractivity contribution in [2.24, 2.45) is 0 Å². The Bertz CT molecular complexity index is 443. The second-order valence-corrected chi connectivity index (χ2v) is 6.38. The molecule has 1 aliphatic rings. The first-order valence-electron chi connectivity index (χ1n) is 5.53. The lowest BCUT2D eigenvalue weighted by Crippen LogP contribution is -2.53. The second kappa shape index (κ2) is 4.53. The topological polar surface area (TPSA) is 79.1 Å². The fourth-order valence-electron chi connectivity index (χ4n) is 2.24. The van der Waals surface area contributed by atoms with E-state index in [1.54, 1.807) is 5.06 Å². The molecule has 0 aliphatic carbocycles. The third-order valence-electron chi connectivity index (χ3n) is 3.59. The molecule has 18 heavy (non-hydrogen) atoms. The Hall–Kier alpha value is -0.540. The van der Waals surface area contributed by atoms with E-state index in [2.05, 4.69) is 4.18 Å². The highest BCUT2D eigenvalue weighted by Crippen LogP contribution is 2.33. The molecule has 1 aliphatic heterocycles. The standard InChI is InChI=1S/C10H20N2O5S/c1-8-9(2,3)12(10(4,5)11(8)6)16-7-17-18(13,14)15/h7H2,1-6H3/p+1. The van der Waals surface area contributed by atoms with Gasteiger partial charge < -0.3 is 0 Å². The molecule has 0 aromatic rings. The maximum atomic E-state index is 10.5. The van der Waals surface area contributed by atoms with Gasteiger partial charge in [-0.2, -0.15) is 8.42 Å². The van der Waals surface area contributed by atoms with E-state index in [0.29, 0.717) is 0 Å². The van der Waals surface area contributed by atoms with Crippen LogP contribution in [0.3, 0.4) is 0 Å². The van der Waals surface area contributed by atoms with Crippen molar-refractivity contribution in [3.8, 4) is 0 Å². The normalized spacial score (nSPS) is 23.7. The minimum Gasteiger partial charge on any atom is -0.263 e. The molecule has 0 unspecified atom stereocenters. The summed E-state index contributed by atoms with van der Waals surface area (Å²) in [4.78, 5) is 5.36. The predicted molar refractivity (Wildman–Crippen MR) is 65.4 cm³/mol. The SMILES string of the molecule is CC1=[N+](C)C(C)(C)N(OCOS(=O)(=O)O)C1(C)C. The molecule has 8 heteroatoms. The van der Waals surface area contributed by atoms with E-state index in [0.717, 1.165) is 5.71 Å². The summed E-state index contributed by atoms with van der Waals surface area (Å²) < 4.78 is 35.7. The predicted octanol–water partition coefficient (Wildman–Crippen LogP) is 0.628. The Kier molecular flexibility index (Phi) is 3.91. The van der Waals surface area contributed by atoms with Crippen LogP contribution in [0.15, 0.2) is 0 Å². The summed E-state index contributed by atoms with van der Waals surface area (Å²) in [6.07, 6.45) is 0. The van der Waals surface area contributed by atoms with E-state index in [4.69, 9.17) is 9.39 Å². The van der Waals surface area contributed by atoms with Crippen LogP contribution in [-0.2, 0) is 19.4 Å². The first-order valence-corrected chi connectivity index (χ1v) is 6.90. The summed E-state index contributed by atoms with van der Waals surface area (Å²) in [5.41, 5.74) is 0.233. The van der Waals surface area contributed by atoms with Crippen LogP contribution in [-0.4, -0.2) is 53.4 Å². The van der Waals surface area contributed by atoms with Crippen LogP contribution in [0.4, 0.5) is 0 Å². The first-order chi connectivity index (χ1) is 7.90. The Morgan fingerprint density at radius 1 is 1.33 bits per heavy atom. The van der Waals surface area contributed by atoms with Gasteiger partial charge >= 0.3 is 10.4 Å². The van der Waals surface area contributed by atoms with E-state index >= 15 is 0 Å². The highest BCUT2D eigenvalue weighted by molar-refractivity contribution is 7.80. The summed E-state index contributed by atoms with van der Waals surface area (Å²) in [6, 6.07) is 0. The van der Waals surface area contributed by atoms with Gasteiger partial charge in [-0.15, -0.1) is 5.06 Å². The lowest BCUT2D eigenvalue weighted by molar-refractivity contribution is -0.614. The maximum Gasteiger partial charge on any atom is 0.399 e. The maximum absolute atomic E-state index is 10.5. The third kappa shape index (κ3) is 2.72. The van der Waals surface area contributed by atoms with Gasteiger partial charge in [0, 0.05) is 20.8 Å². The van der Waals surface area contributed by atoms with Crippen LogP contribution in [0.1, 0.15) is 34.6 Å². The zero-order chi connectivity index (χ0) is 14.4. The molecule has 0 atom stereocenters. The fourth-order valence-corrected chi connectivity index (χ4v) is 2.41. The Morgan fingerprint density at radius 3 is 2.17 bits per heavy atom. The van der Waals surface area contributed by atoms with E-state index < -0.39 is 28.4 Å². The zero-order valence-electron chi connectivity index (χ0n) is 11.6. The van der Waals surface area contributed by atoms with Crippen LogP contribution in [0, 0.1) is 0 Å². The van der Waals surface area contributed by atoms with Gasteiger partial charge in [-0.25, -0.2) is 8.76 Å². The number of rotatable bonds is 4. The lowest BCUT2D eigenvalue weighted by Gasteiger charge is -2.33. The third-order valence-corrected chi connectivity index (χ3v) is 3.99. The summed E-state index contributed by atoms with van der Waals surface area (Å²) >= 11 is 0. The van der Waals surface area contributed by atoms with Crippen molar-refractivity contribution in [2.45, 2.75) is 45.8 Å². The number of hydrogen-bond donors (Lipinski definition) is 1. The molecule has 0 aromatic heterocycles. The molecule has 1 rings (SSSR count). The number of hydrogen-bond acceptors (Lipinski definition) is 5. The minimum absolute atomic E-state index is 0.402. The molecule has 0 radical (unpaired) electrons. The van der Waals surface area contributed by atoms with Crippen molar-refractivity contribution >= 4 is 16.1 Å². The molecule has 7 nitrogen and oxygen atoms in total. The Balaban J connectivity index is 2.84. The number of nitrogens with zero attached hydrogens (tertiary/aromatic N) is 2. The molecule has 0 amide bonds. The van der Waals surface area contributed by atoms with Crippen molar-refractivity contribution in [3.63, 3.8) is 0 Å². The Morgan fingerprint density at radius 2 is 1.83 bits per heavy atom. The summed E-state index contributed by atoms with van der Waals surface area (Å²) in [7, 11) is -2.55. The molecular formula is C10H21N2O5S+. The van der Waals surface area contributed by atoms with Crippen LogP contribution < -0.4 is 0 Å². The Labute approximate surface area is 108 Å². The second-order valence-electron chi connectivity index (χ2n) is 5.28. The average Bonchev–Trinajstić information content (AvgIpc) is 2.28.